The standard InChI is InChI=1S/C18H17FN2O3S/c1-22-15-6-2-13(3-7-15)18-20-17(21-24-18)12-25-11-10-23-16-8-4-14(19)5-9-16/h2-9H,10-12H2,1H3. The Kier molecular flexibility index (Phi) is 5.90. The number of methoxy groups -OCH3 is 1. The second-order valence-electron chi connectivity index (χ2n) is 5.10. The van der Waals surface area contributed by atoms with Crippen LogP contribution in [0.25, 0.3) is 11.5 Å². The average molecular weight is 360 g/mol. The van der Waals surface area contributed by atoms with Crippen LogP contribution in [0.4, 0.5) is 4.39 Å². The zero-order valence-electron chi connectivity index (χ0n) is 13.6. The molecule has 0 N–H and O–H groups in total. The number of hydrogen-bond acceptors (Lipinski definition) is 6. The van der Waals surface area contributed by atoms with Crippen molar-refractivity contribution in [3.8, 4) is 23.0 Å². The summed E-state index contributed by atoms with van der Waals surface area (Å²) in [5, 5.41) is 3.98. The van der Waals surface area contributed by atoms with Gasteiger partial charge in [0, 0.05) is 11.3 Å². The number of rotatable bonds is 8. The van der Waals surface area contributed by atoms with Crippen molar-refractivity contribution in [2.45, 2.75) is 5.75 Å². The van der Waals surface area contributed by atoms with Crippen LogP contribution in [0.2, 0.25) is 0 Å². The molecule has 25 heavy (non-hydrogen) atoms. The normalized spacial score (nSPS) is 10.6. The van der Waals surface area contributed by atoms with Crippen LogP contribution >= 0.6 is 11.8 Å². The van der Waals surface area contributed by atoms with Gasteiger partial charge in [0.2, 0.25) is 0 Å². The fourth-order valence-electron chi connectivity index (χ4n) is 2.08. The van der Waals surface area contributed by atoms with Crippen LogP contribution in [-0.4, -0.2) is 29.6 Å². The zero-order chi connectivity index (χ0) is 17.5. The van der Waals surface area contributed by atoms with Crippen LogP contribution in [0, 0.1) is 5.82 Å². The lowest BCUT2D eigenvalue weighted by atomic mass is 10.2. The van der Waals surface area contributed by atoms with E-state index in [1.807, 2.05) is 24.3 Å². The third-order valence-electron chi connectivity index (χ3n) is 3.35. The molecule has 0 saturated carbocycles. The van der Waals surface area contributed by atoms with Crippen LogP contribution < -0.4 is 9.47 Å². The Balaban J connectivity index is 1.43. The van der Waals surface area contributed by atoms with Gasteiger partial charge in [0.15, 0.2) is 5.82 Å². The van der Waals surface area contributed by atoms with Gasteiger partial charge in [-0.1, -0.05) is 5.16 Å². The second-order valence-corrected chi connectivity index (χ2v) is 6.20. The first-order valence-electron chi connectivity index (χ1n) is 7.68. The van der Waals surface area contributed by atoms with Gasteiger partial charge in [0.05, 0.1) is 19.5 Å². The maximum Gasteiger partial charge on any atom is 0.257 e. The van der Waals surface area contributed by atoms with Crippen molar-refractivity contribution in [3.05, 3.63) is 60.2 Å². The molecule has 0 bridgehead atoms. The lowest BCUT2D eigenvalue weighted by molar-refractivity contribution is 0.343. The predicted octanol–water partition coefficient (Wildman–Crippen LogP) is 4.20. The van der Waals surface area contributed by atoms with Gasteiger partial charge in [-0.3, -0.25) is 0 Å². The number of thioether (sulfide) groups is 1. The van der Waals surface area contributed by atoms with E-state index in [4.69, 9.17) is 14.0 Å². The van der Waals surface area contributed by atoms with E-state index in [0.29, 0.717) is 29.8 Å². The highest BCUT2D eigenvalue weighted by molar-refractivity contribution is 7.98. The van der Waals surface area contributed by atoms with Crippen molar-refractivity contribution in [1.82, 2.24) is 10.1 Å². The first-order valence-corrected chi connectivity index (χ1v) is 8.83. The summed E-state index contributed by atoms with van der Waals surface area (Å²) >= 11 is 1.64. The Bertz CT molecular complexity index is 791. The molecule has 0 fully saturated rings. The molecule has 1 aromatic heterocycles. The molecule has 1 heterocycles. The molecule has 0 unspecified atom stereocenters. The minimum Gasteiger partial charge on any atom is -0.497 e. The minimum atomic E-state index is -0.272. The second kappa shape index (κ2) is 8.53. The van der Waals surface area contributed by atoms with Crippen molar-refractivity contribution in [2.24, 2.45) is 0 Å². The summed E-state index contributed by atoms with van der Waals surface area (Å²) in [6.45, 7) is 0.527. The molecule has 3 aromatic rings. The Hall–Kier alpha value is -2.54. The molecule has 7 heteroatoms. The fourth-order valence-corrected chi connectivity index (χ4v) is 2.72. The van der Waals surface area contributed by atoms with E-state index < -0.39 is 0 Å². The van der Waals surface area contributed by atoms with Crippen LogP contribution in [0.5, 0.6) is 11.5 Å². The monoisotopic (exact) mass is 360 g/mol. The largest absolute Gasteiger partial charge is 0.497 e. The SMILES string of the molecule is COc1ccc(-c2nc(CSCCOc3ccc(F)cc3)no2)cc1. The van der Waals surface area contributed by atoms with E-state index in [2.05, 4.69) is 10.1 Å². The lowest BCUT2D eigenvalue weighted by Crippen LogP contribution is -2.00. The van der Waals surface area contributed by atoms with Gasteiger partial charge >= 0.3 is 0 Å². The van der Waals surface area contributed by atoms with Gasteiger partial charge < -0.3 is 14.0 Å². The lowest BCUT2D eigenvalue weighted by Gasteiger charge is -2.04. The molecule has 0 radical (unpaired) electrons. The summed E-state index contributed by atoms with van der Waals surface area (Å²) in [6, 6.07) is 13.4. The fraction of sp³-hybridized carbons (Fsp3) is 0.222. The van der Waals surface area contributed by atoms with Gasteiger partial charge in [-0.25, -0.2) is 4.39 Å². The van der Waals surface area contributed by atoms with Crippen LogP contribution in [0.3, 0.4) is 0 Å². The van der Waals surface area contributed by atoms with E-state index in [0.717, 1.165) is 17.1 Å². The van der Waals surface area contributed by atoms with E-state index in [9.17, 15) is 4.39 Å². The highest BCUT2D eigenvalue weighted by Crippen LogP contribution is 2.21. The molecule has 0 amide bonds. The molecule has 0 saturated heterocycles. The third kappa shape index (κ3) is 4.96. The van der Waals surface area contributed by atoms with Crippen LogP contribution in [0.1, 0.15) is 5.82 Å². The molecule has 130 valence electrons. The molecule has 0 aliphatic heterocycles. The van der Waals surface area contributed by atoms with Gasteiger partial charge in [0.25, 0.3) is 5.89 Å². The number of nitrogens with zero attached hydrogens (tertiary/aromatic N) is 2. The Morgan fingerprint density at radius 3 is 2.48 bits per heavy atom. The number of hydrogen-bond donors (Lipinski definition) is 0. The molecule has 5 nitrogen and oxygen atoms in total. The average Bonchev–Trinajstić information content (AvgIpc) is 3.12. The first kappa shape index (κ1) is 17.3. The van der Waals surface area contributed by atoms with Crippen LogP contribution in [0.15, 0.2) is 53.1 Å². The molecule has 0 aliphatic rings. The summed E-state index contributed by atoms with van der Waals surface area (Å²) in [5.41, 5.74) is 0.851. The summed E-state index contributed by atoms with van der Waals surface area (Å²) in [7, 11) is 1.62. The number of benzene rings is 2. The smallest absolute Gasteiger partial charge is 0.257 e. The summed E-state index contributed by atoms with van der Waals surface area (Å²) in [6.07, 6.45) is 0. The highest BCUT2D eigenvalue weighted by Gasteiger charge is 2.09. The topological polar surface area (TPSA) is 57.4 Å². The van der Waals surface area contributed by atoms with Crippen molar-refractivity contribution in [2.75, 3.05) is 19.5 Å². The first-order chi connectivity index (χ1) is 12.2. The summed E-state index contributed by atoms with van der Waals surface area (Å²) < 4.78 is 28.7. The Morgan fingerprint density at radius 1 is 1.04 bits per heavy atom. The van der Waals surface area contributed by atoms with E-state index in [-0.39, 0.29) is 5.82 Å². The number of aromatic nitrogens is 2. The van der Waals surface area contributed by atoms with Crippen LogP contribution in [-0.2, 0) is 5.75 Å². The van der Waals surface area contributed by atoms with Gasteiger partial charge in [-0.05, 0) is 48.5 Å². The van der Waals surface area contributed by atoms with Crippen molar-refractivity contribution in [3.63, 3.8) is 0 Å². The predicted molar refractivity (Wildman–Crippen MR) is 94.3 cm³/mol. The summed E-state index contributed by atoms with van der Waals surface area (Å²) in [4.78, 5) is 4.38. The molecular weight excluding hydrogens is 343 g/mol. The molecule has 3 rings (SSSR count). The van der Waals surface area contributed by atoms with Gasteiger partial charge in [-0.15, -0.1) is 0 Å². The summed E-state index contributed by atoms with van der Waals surface area (Å²) in [5.74, 6) is 3.68. The van der Waals surface area contributed by atoms with Gasteiger partial charge in [0.1, 0.15) is 17.3 Å². The van der Waals surface area contributed by atoms with E-state index >= 15 is 0 Å². The number of halogens is 1. The highest BCUT2D eigenvalue weighted by atomic mass is 32.2. The minimum absolute atomic E-state index is 0.272. The maximum absolute atomic E-state index is 12.8. The Morgan fingerprint density at radius 2 is 1.76 bits per heavy atom. The maximum atomic E-state index is 12.8. The third-order valence-corrected chi connectivity index (χ3v) is 4.26. The molecular formula is C18H17FN2O3S. The molecule has 0 atom stereocenters. The van der Waals surface area contributed by atoms with Crippen molar-refractivity contribution >= 4 is 11.8 Å². The quantitative estimate of drug-likeness (QED) is 0.561. The van der Waals surface area contributed by atoms with Gasteiger partial charge in [-0.2, -0.15) is 16.7 Å². The molecule has 2 aromatic carbocycles. The zero-order valence-corrected chi connectivity index (χ0v) is 14.5. The number of ether oxygens (including phenoxy) is 2. The van der Waals surface area contributed by atoms with Crippen molar-refractivity contribution < 1.29 is 18.4 Å². The Labute approximate surface area is 149 Å². The van der Waals surface area contributed by atoms with Crippen molar-refractivity contribution in [1.29, 1.82) is 0 Å². The molecule has 0 spiro atoms. The van der Waals surface area contributed by atoms with E-state index in [1.165, 1.54) is 12.1 Å². The molecule has 0 aliphatic carbocycles. The van der Waals surface area contributed by atoms with E-state index in [1.54, 1.807) is 31.0 Å².